The summed E-state index contributed by atoms with van der Waals surface area (Å²) in [5.74, 6) is 0.854. The van der Waals surface area contributed by atoms with Gasteiger partial charge in [0.05, 0.1) is 18.5 Å². The fraction of sp³-hybridized carbons (Fsp3) is 0.417. The molecule has 0 spiro atoms. The minimum atomic E-state index is 0. The van der Waals surface area contributed by atoms with Crippen molar-refractivity contribution in [3.63, 3.8) is 0 Å². The molecule has 2 rings (SSSR count). The Hall–Kier alpha value is -3.22. The number of nitrogens with two attached hydrogens (primary N) is 1. The van der Waals surface area contributed by atoms with Crippen molar-refractivity contribution >= 4 is 18.2 Å². The number of allylic oxidation sites excluding steroid dienone is 1. The van der Waals surface area contributed by atoms with Gasteiger partial charge in [-0.1, -0.05) is 52.8 Å². The first-order valence-electron chi connectivity index (χ1n) is 9.97. The van der Waals surface area contributed by atoms with Crippen LogP contribution < -0.4 is 15.5 Å². The molecule has 0 saturated heterocycles. The van der Waals surface area contributed by atoms with Crippen LogP contribution in [0.5, 0.6) is 5.75 Å². The molecule has 0 aliphatic carbocycles. The number of ether oxygens (including phenoxy) is 1. The highest BCUT2D eigenvalue weighted by Crippen LogP contribution is 2.31. The van der Waals surface area contributed by atoms with Crippen LogP contribution in [0.4, 0.5) is 5.69 Å². The molecule has 7 nitrogen and oxygen atoms in total. The fourth-order valence-corrected chi connectivity index (χ4v) is 2.69. The van der Waals surface area contributed by atoms with E-state index in [4.69, 9.17) is 15.1 Å². The van der Waals surface area contributed by atoms with Gasteiger partial charge in [0.25, 0.3) is 0 Å². The molecule has 31 heavy (non-hydrogen) atoms. The Labute approximate surface area is 186 Å². The van der Waals surface area contributed by atoms with Crippen LogP contribution in [0, 0.1) is 5.53 Å². The second-order valence-electron chi connectivity index (χ2n) is 7.75. The largest absolute Gasteiger partial charge is 0.493 e. The van der Waals surface area contributed by atoms with Crippen molar-refractivity contribution in [2.75, 3.05) is 11.6 Å². The monoisotopic (exact) mass is 427 g/mol. The number of carbonyl (C=O) groups excluding carboxylic acids is 1. The average molecular weight is 428 g/mol. The first-order chi connectivity index (χ1) is 14.3. The molecule has 7 heteroatoms. The van der Waals surface area contributed by atoms with Gasteiger partial charge in [0.2, 0.25) is 6.41 Å². The van der Waals surface area contributed by atoms with Crippen LogP contribution >= 0.6 is 0 Å². The minimum Gasteiger partial charge on any atom is -0.493 e. The van der Waals surface area contributed by atoms with Gasteiger partial charge in [-0.25, -0.2) is 5.01 Å². The second-order valence-corrected chi connectivity index (χ2v) is 7.75. The number of unbranched alkanes of at least 4 members (excludes halogenated alkanes) is 1. The zero-order chi connectivity index (χ0) is 22.6. The van der Waals surface area contributed by atoms with E-state index in [0.717, 1.165) is 35.5 Å². The summed E-state index contributed by atoms with van der Waals surface area (Å²) in [5, 5.41) is 5.23. The van der Waals surface area contributed by atoms with Gasteiger partial charge in [-0.15, -0.1) is 0 Å². The molecule has 0 unspecified atom stereocenters. The number of nitrogens with zero attached hydrogens (tertiary/aromatic N) is 3. The molecule has 170 valence electrons. The molecule has 3 N–H and O–H groups in total. The summed E-state index contributed by atoms with van der Waals surface area (Å²) in [4.78, 5) is 12.7. The van der Waals surface area contributed by atoms with Gasteiger partial charge < -0.3 is 10.5 Å². The molecular weight excluding hydrogens is 390 g/mol. The minimum absolute atomic E-state index is 0. The first kappa shape index (κ1) is 27.8. The predicted octanol–water partition coefficient (Wildman–Crippen LogP) is 6.11. The highest BCUT2D eigenvalue weighted by Gasteiger charge is 2.16. The van der Waals surface area contributed by atoms with Crippen LogP contribution in [0.1, 0.15) is 66.0 Å². The highest BCUT2D eigenvalue weighted by molar-refractivity contribution is 5.65. The Morgan fingerprint density at radius 3 is 2.52 bits per heavy atom. The molecule has 0 radical (unpaired) electrons. The number of carbonyl (C=O) groups is 1. The normalized spacial score (nSPS) is 10.8. The maximum atomic E-state index is 8.58. The lowest BCUT2D eigenvalue weighted by Gasteiger charge is -2.22. The average Bonchev–Trinajstić information content (AvgIpc) is 2.70. The lowest BCUT2D eigenvalue weighted by Crippen LogP contribution is -2.13. The van der Waals surface area contributed by atoms with Gasteiger partial charge in [0, 0.05) is 17.5 Å². The quantitative estimate of drug-likeness (QED) is 0.229. The number of pyridine rings is 1. The smallest absolute Gasteiger partial charge is 0.204 e. The Morgan fingerprint density at radius 2 is 2.00 bits per heavy atom. The SMILES string of the molecule is C.CCCCOc1ccc(C(C)(C)C)cc1/C=C(\C)N(N=N)c1cccnc1.NC=O. The van der Waals surface area contributed by atoms with Gasteiger partial charge in [-0.3, -0.25) is 9.78 Å². The maximum absolute atomic E-state index is 8.58. The van der Waals surface area contributed by atoms with E-state index in [1.54, 1.807) is 17.4 Å². The van der Waals surface area contributed by atoms with Crippen LogP contribution in [0.15, 0.2) is 53.6 Å². The van der Waals surface area contributed by atoms with E-state index in [1.807, 2.05) is 31.2 Å². The third kappa shape index (κ3) is 8.99. The standard InChI is InChI=1S/C22H30N4O.CH3NO.CH4/c1-6-7-13-27-21-11-10-19(22(3,4)5)15-18(21)14-17(2)26(25-23)20-9-8-12-24-16-20;2-1-3;/h8-12,14-16,23H,6-7,13H2,1-5H3;1H,(H2,2,3);1H4/b17-14+,25-23?;;. The molecule has 0 bridgehead atoms. The zero-order valence-corrected chi connectivity index (χ0v) is 18.6. The fourth-order valence-electron chi connectivity index (χ4n) is 2.69. The highest BCUT2D eigenvalue weighted by atomic mass is 16.5. The van der Waals surface area contributed by atoms with E-state index in [2.05, 4.69) is 55.8 Å². The molecule has 0 fully saturated rings. The lowest BCUT2D eigenvalue weighted by atomic mass is 9.86. The molecule has 0 aliphatic rings. The van der Waals surface area contributed by atoms with Gasteiger partial charge in [-0.05, 0) is 54.7 Å². The van der Waals surface area contributed by atoms with Crippen molar-refractivity contribution < 1.29 is 9.53 Å². The Kier molecular flexibility index (Phi) is 12.5. The van der Waals surface area contributed by atoms with E-state index >= 15 is 0 Å². The van der Waals surface area contributed by atoms with Gasteiger partial charge in [-0.2, -0.15) is 5.53 Å². The molecule has 0 saturated carbocycles. The number of hydrogen-bond acceptors (Lipinski definition) is 5. The van der Waals surface area contributed by atoms with Crippen molar-refractivity contribution in [3.8, 4) is 5.75 Å². The number of benzene rings is 1. The summed E-state index contributed by atoms with van der Waals surface area (Å²) >= 11 is 0. The molecule has 1 heterocycles. The van der Waals surface area contributed by atoms with Crippen molar-refractivity contribution in [2.45, 2.75) is 60.3 Å². The molecule has 2 aromatic rings. The van der Waals surface area contributed by atoms with E-state index in [-0.39, 0.29) is 19.3 Å². The molecular formula is C24H37N5O2. The topological polar surface area (TPSA) is 105 Å². The first-order valence-corrected chi connectivity index (χ1v) is 9.97. The number of primary amides is 1. The second kappa shape index (κ2) is 13.9. The summed E-state index contributed by atoms with van der Waals surface area (Å²) in [6, 6.07) is 10.0. The van der Waals surface area contributed by atoms with E-state index in [0.29, 0.717) is 6.61 Å². The lowest BCUT2D eigenvalue weighted by molar-refractivity contribution is -0.106. The third-order valence-corrected chi connectivity index (χ3v) is 4.32. The Balaban J connectivity index is 0.00000212. The number of anilines is 1. The van der Waals surface area contributed by atoms with Crippen LogP contribution in [0.3, 0.4) is 0 Å². The van der Waals surface area contributed by atoms with Crippen LogP contribution in [0.2, 0.25) is 0 Å². The molecule has 1 amide bonds. The van der Waals surface area contributed by atoms with Crippen molar-refractivity contribution in [3.05, 3.63) is 59.5 Å². The summed E-state index contributed by atoms with van der Waals surface area (Å²) in [6.07, 6.45) is 7.78. The Bertz CT molecular complexity index is 830. The van der Waals surface area contributed by atoms with Crippen molar-refractivity contribution in [1.29, 1.82) is 5.53 Å². The maximum Gasteiger partial charge on any atom is 0.204 e. The summed E-state index contributed by atoms with van der Waals surface area (Å²) < 4.78 is 6.01. The number of rotatable bonds is 8. The van der Waals surface area contributed by atoms with Gasteiger partial charge in [0.1, 0.15) is 5.75 Å². The van der Waals surface area contributed by atoms with E-state index < -0.39 is 0 Å². The van der Waals surface area contributed by atoms with Crippen LogP contribution in [-0.4, -0.2) is 18.0 Å². The van der Waals surface area contributed by atoms with Crippen LogP contribution in [-0.2, 0) is 10.2 Å². The summed E-state index contributed by atoms with van der Waals surface area (Å²) in [7, 11) is 0. The molecule has 1 aromatic heterocycles. The number of hydrogen-bond donors (Lipinski definition) is 2. The molecule has 0 atom stereocenters. The summed E-state index contributed by atoms with van der Waals surface area (Å²) in [5.41, 5.74) is 15.6. The number of amides is 1. The van der Waals surface area contributed by atoms with Gasteiger partial charge in [0.15, 0.2) is 0 Å². The predicted molar refractivity (Wildman–Crippen MR) is 128 cm³/mol. The van der Waals surface area contributed by atoms with E-state index in [9.17, 15) is 0 Å². The molecule has 0 aliphatic heterocycles. The number of nitrogens with one attached hydrogen (secondary N) is 1. The third-order valence-electron chi connectivity index (χ3n) is 4.32. The molecule has 1 aromatic carbocycles. The zero-order valence-electron chi connectivity index (χ0n) is 18.6. The Morgan fingerprint density at radius 1 is 1.32 bits per heavy atom. The van der Waals surface area contributed by atoms with Crippen molar-refractivity contribution in [1.82, 2.24) is 4.98 Å². The van der Waals surface area contributed by atoms with Gasteiger partial charge >= 0.3 is 0 Å². The van der Waals surface area contributed by atoms with E-state index in [1.165, 1.54) is 5.56 Å². The van der Waals surface area contributed by atoms with Crippen LogP contribution in [0.25, 0.3) is 6.08 Å². The number of aromatic nitrogens is 1. The summed E-state index contributed by atoms with van der Waals surface area (Å²) in [6.45, 7) is 11.4. The van der Waals surface area contributed by atoms with Crippen molar-refractivity contribution in [2.24, 2.45) is 11.0 Å².